The summed E-state index contributed by atoms with van der Waals surface area (Å²) in [7, 11) is 0. The van der Waals surface area contributed by atoms with Crippen LogP contribution >= 0.6 is 0 Å². The van der Waals surface area contributed by atoms with E-state index in [1.807, 2.05) is 0 Å². The van der Waals surface area contributed by atoms with Crippen LogP contribution in [0.4, 0.5) is 11.4 Å². The Morgan fingerprint density at radius 3 is 2.38 bits per heavy atom. The van der Waals surface area contributed by atoms with E-state index in [-0.39, 0.29) is 11.5 Å². The minimum atomic E-state index is -0.806. The van der Waals surface area contributed by atoms with E-state index < -0.39 is 40.2 Å². The highest BCUT2D eigenvalue weighted by Crippen LogP contribution is 2.25. The van der Waals surface area contributed by atoms with Gasteiger partial charge >= 0.3 is 5.97 Å². The smallest absolute Gasteiger partial charge is 0.311 e. The van der Waals surface area contributed by atoms with E-state index >= 15 is 0 Å². The van der Waals surface area contributed by atoms with Crippen LogP contribution < -0.4 is 0 Å². The predicted molar refractivity (Wildman–Crippen MR) is 80.2 cm³/mol. The maximum absolute atomic E-state index is 11.8. The fourth-order valence-corrected chi connectivity index (χ4v) is 2.39. The average molecular weight is 337 g/mol. The second-order valence-electron chi connectivity index (χ2n) is 5.25. The molecule has 0 atom stereocenters. The minimum absolute atomic E-state index is 0.00998. The lowest BCUT2D eigenvalue weighted by molar-refractivity contribution is -0.394. The Labute approximate surface area is 136 Å². The van der Waals surface area contributed by atoms with Crippen LogP contribution in [0.5, 0.6) is 0 Å². The van der Waals surface area contributed by atoms with Crippen molar-refractivity contribution in [3.63, 3.8) is 0 Å². The van der Waals surface area contributed by atoms with E-state index in [0.29, 0.717) is 13.1 Å². The molecule has 0 aliphatic carbocycles. The topological polar surface area (TPSA) is 133 Å². The van der Waals surface area contributed by atoms with Crippen LogP contribution in [-0.4, -0.2) is 46.3 Å². The molecule has 1 aliphatic rings. The van der Waals surface area contributed by atoms with E-state index in [1.54, 1.807) is 4.90 Å². The highest BCUT2D eigenvalue weighted by molar-refractivity contribution is 5.82. The van der Waals surface area contributed by atoms with Crippen molar-refractivity contribution in [3.05, 3.63) is 44.0 Å². The molecule has 0 bridgehead atoms. The molecule has 0 saturated carbocycles. The number of carbonyl (C=O) groups is 2. The number of likely N-dealkylation sites (tertiary alicyclic amines) is 1. The Morgan fingerprint density at radius 1 is 1.12 bits per heavy atom. The summed E-state index contributed by atoms with van der Waals surface area (Å²) in [5, 5.41) is 21.6. The number of nitro benzene ring substituents is 2. The highest BCUT2D eigenvalue weighted by Gasteiger charge is 2.23. The Morgan fingerprint density at radius 2 is 1.79 bits per heavy atom. The molecular formula is C14H15N3O7. The third-order valence-electron chi connectivity index (χ3n) is 3.63. The molecule has 10 nitrogen and oxygen atoms in total. The molecule has 1 aliphatic heterocycles. The number of rotatable bonds is 6. The monoisotopic (exact) mass is 337 g/mol. The normalized spacial score (nSPS) is 13.6. The van der Waals surface area contributed by atoms with Crippen LogP contribution in [0.25, 0.3) is 0 Å². The number of carbonyl (C=O) groups excluding carboxylic acids is 2. The first kappa shape index (κ1) is 17.3. The minimum Gasteiger partial charge on any atom is -0.455 e. The number of non-ortho nitro benzene ring substituents is 1. The fraction of sp³-hybridized carbons (Fsp3) is 0.429. The van der Waals surface area contributed by atoms with Crippen molar-refractivity contribution in [2.75, 3.05) is 19.7 Å². The Kier molecular flexibility index (Phi) is 5.40. The van der Waals surface area contributed by atoms with Crippen molar-refractivity contribution in [3.8, 4) is 0 Å². The van der Waals surface area contributed by atoms with Crippen molar-refractivity contribution in [1.82, 2.24) is 4.90 Å². The summed E-state index contributed by atoms with van der Waals surface area (Å²) in [6.07, 6.45) is 1.38. The summed E-state index contributed by atoms with van der Waals surface area (Å²) >= 11 is 0. The molecule has 1 aromatic rings. The van der Waals surface area contributed by atoms with Gasteiger partial charge in [-0.05, 0) is 18.9 Å². The van der Waals surface area contributed by atoms with E-state index in [0.717, 1.165) is 31.0 Å². The number of ether oxygens (including phenoxy) is 1. The van der Waals surface area contributed by atoms with Crippen LogP contribution in [0, 0.1) is 20.2 Å². The number of esters is 1. The van der Waals surface area contributed by atoms with Crippen LogP contribution in [0.1, 0.15) is 18.4 Å². The van der Waals surface area contributed by atoms with Gasteiger partial charge in [0.25, 0.3) is 17.3 Å². The van der Waals surface area contributed by atoms with Gasteiger partial charge < -0.3 is 9.64 Å². The van der Waals surface area contributed by atoms with E-state index in [2.05, 4.69) is 0 Å². The van der Waals surface area contributed by atoms with Gasteiger partial charge in [-0.25, -0.2) is 0 Å². The van der Waals surface area contributed by atoms with E-state index in [4.69, 9.17) is 4.74 Å². The Hall–Kier alpha value is -3.04. The zero-order valence-corrected chi connectivity index (χ0v) is 12.7. The number of hydrogen-bond donors (Lipinski definition) is 0. The van der Waals surface area contributed by atoms with Gasteiger partial charge in [0.15, 0.2) is 6.61 Å². The third kappa shape index (κ3) is 4.24. The van der Waals surface area contributed by atoms with Gasteiger partial charge in [0.1, 0.15) is 0 Å². The molecule has 128 valence electrons. The standard InChI is InChI=1S/C14H15N3O7/c18-13(15-5-1-2-6-15)9-24-14(19)7-10-3-4-11(16(20)21)8-12(10)17(22)23/h3-4,8H,1-2,5-7,9H2. The molecular weight excluding hydrogens is 322 g/mol. The maximum Gasteiger partial charge on any atom is 0.311 e. The van der Waals surface area contributed by atoms with E-state index in [1.165, 1.54) is 0 Å². The highest BCUT2D eigenvalue weighted by atomic mass is 16.6. The summed E-state index contributed by atoms with van der Waals surface area (Å²) in [6, 6.07) is 3.00. The van der Waals surface area contributed by atoms with Crippen LogP contribution in [0.15, 0.2) is 18.2 Å². The second kappa shape index (κ2) is 7.49. The molecule has 1 heterocycles. The third-order valence-corrected chi connectivity index (χ3v) is 3.63. The zero-order chi connectivity index (χ0) is 17.7. The van der Waals surface area contributed by atoms with Crippen molar-refractivity contribution in [1.29, 1.82) is 0 Å². The largest absolute Gasteiger partial charge is 0.455 e. The van der Waals surface area contributed by atoms with Gasteiger partial charge in [-0.15, -0.1) is 0 Å². The number of benzene rings is 1. The molecule has 10 heteroatoms. The number of nitro groups is 2. The Balaban J connectivity index is 1.99. The van der Waals surface area contributed by atoms with Gasteiger partial charge in [-0.3, -0.25) is 29.8 Å². The van der Waals surface area contributed by atoms with Gasteiger partial charge in [0.05, 0.1) is 22.3 Å². The van der Waals surface area contributed by atoms with Crippen molar-refractivity contribution in [2.24, 2.45) is 0 Å². The van der Waals surface area contributed by atoms with E-state index in [9.17, 15) is 29.8 Å². The number of nitrogens with zero attached hydrogens (tertiary/aromatic N) is 3. The lowest BCUT2D eigenvalue weighted by atomic mass is 10.1. The summed E-state index contributed by atoms with van der Waals surface area (Å²) < 4.78 is 4.85. The Bertz CT molecular complexity index is 683. The molecule has 1 fully saturated rings. The van der Waals surface area contributed by atoms with Gasteiger partial charge in [0, 0.05) is 24.7 Å². The number of hydrogen-bond acceptors (Lipinski definition) is 7. The van der Waals surface area contributed by atoms with Crippen molar-refractivity contribution in [2.45, 2.75) is 19.3 Å². The van der Waals surface area contributed by atoms with Crippen LogP contribution in [0.3, 0.4) is 0 Å². The van der Waals surface area contributed by atoms with Gasteiger partial charge in [-0.1, -0.05) is 0 Å². The average Bonchev–Trinajstić information content (AvgIpc) is 3.07. The molecule has 1 saturated heterocycles. The first-order valence-electron chi connectivity index (χ1n) is 7.23. The predicted octanol–water partition coefficient (Wildman–Crippen LogP) is 1.21. The van der Waals surface area contributed by atoms with Crippen LogP contribution in [-0.2, 0) is 20.7 Å². The SMILES string of the molecule is O=C(Cc1ccc([N+](=O)[O-])cc1[N+](=O)[O-])OCC(=O)N1CCCC1. The number of amides is 1. The summed E-state index contributed by atoms with van der Waals surface area (Å²) in [5.41, 5.74) is -0.987. The first-order valence-corrected chi connectivity index (χ1v) is 7.23. The summed E-state index contributed by atoms with van der Waals surface area (Å²) in [5.74, 6) is -1.11. The van der Waals surface area contributed by atoms with Gasteiger partial charge in [-0.2, -0.15) is 0 Å². The summed E-state index contributed by atoms with van der Waals surface area (Å²) in [6.45, 7) is 0.841. The van der Waals surface area contributed by atoms with Gasteiger partial charge in [0.2, 0.25) is 0 Å². The van der Waals surface area contributed by atoms with Crippen LogP contribution in [0.2, 0.25) is 0 Å². The first-order chi connectivity index (χ1) is 11.4. The molecule has 0 unspecified atom stereocenters. The second-order valence-corrected chi connectivity index (χ2v) is 5.25. The molecule has 0 spiro atoms. The lowest BCUT2D eigenvalue weighted by Gasteiger charge is -2.14. The lowest BCUT2D eigenvalue weighted by Crippen LogP contribution is -2.32. The van der Waals surface area contributed by atoms with Crippen molar-refractivity contribution < 1.29 is 24.2 Å². The van der Waals surface area contributed by atoms with Crippen molar-refractivity contribution >= 4 is 23.3 Å². The summed E-state index contributed by atoms with van der Waals surface area (Å²) in [4.78, 5) is 45.2. The molecule has 2 rings (SSSR count). The zero-order valence-electron chi connectivity index (χ0n) is 12.7. The maximum atomic E-state index is 11.8. The molecule has 1 amide bonds. The quantitative estimate of drug-likeness (QED) is 0.433. The fourth-order valence-electron chi connectivity index (χ4n) is 2.39. The molecule has 1 aromatic carbocycles. The molecule has 24 heavy (non-hydrogen) atoms. The molecule has 0 aromatic heterocycles. The molecule has 0 N–H and O–H groups in total. The molecule has 0 radical (unpaired) electrons.